The Balaban J connectivity index is 2.16. The predicted molar refractivity (Wildman–Crippen MR) is 95.4 cm³/mol. The molecule has 2 aliphatic rings. The van der Waals surface area contributed by atoms with Gasteiger partial charge in [-0.15, -0.1) is 0 Å². The lowest BCUT2D eigenvalue weighted by Gasteiger charge is -2.32. The Labute approximate surface area is 158 Å². The van der Waals surface area contributed by atoms with Crippen LogP contribution in [0, 0.1) is 0 Å². The first-order chi connectivity index (χ1) is 13.7. The van der Waals surface area contributed by atoms with E-state index in [-0.39, 0.29) is 10.4 Å². The number of fused-ring (bicyclic) bond motifs is 1. The fourth-order valence-corrected chi connectivity index (χ4v) is 2.27. The molecule has 0 aliphatic carbocycles. The maximum absolute atomic E-state index is 12.7. The van der Waals surface area contributed by atoms with Gasteiger partial charge in [0.1, 0.15) is 5.60 Å². The number of nitrogens with zero attached hydrogens (tertiary/aromatic N) is 2. The van der Waals surface area contributed by atoms with Gasteiger partial charge in [0.2, 0.25) is 0 Å². The molecule has 0 N–H and O–H groups in total. The molecular formula is C18H27BN2O4. The lowest BCUT2D eigenvalue weighted by molar-refractivity contribution is 0.00578. The van der Waals surface area contributed by atoms with E-state index in [9.17, 15) is 4.79 Å². The van der Waals surface area contributed by atoms with Gasteiger partial charge in [0.25, 0.3) is 0 Å². The average molecular weight is 352 g/mol. The number of amides is 1. The Morgan fingerprint density at radius 1 is 1.32 bits per heavy atom. The molecule has 0 aromatic carbocycles. The van der Waals surface area contributed by atoms with Crippen LogP contribution < -0.4 is 5.46 Å². The minimum atomic E-state index is -2.75. The molecule has 1 saturated heterocycles. The molecule has 0 saturated carbocycles. The van der Waals surface area contributed by atoms with Gasteiger partial charge in [-0.2, -0.15) is 0 Å². The average Bonchev–Trinajstić information content (AvgIpc) is 2.80. The van der Waals surface area contributed by atoms with E-state index in [1.54, 1.807) is 48.5 Å². The van der Waals surface area contributed by atoms with Crippen molar-refractivity contribution < 1.29 is 27.1 Å². The second kappa shape index (κ2) is 5.71. The third kappa shape index (κ3) is 3.53. The van der Waals surface area contributed by atoms with E-state index in [2.05, 4.69) is 4.98 Å². The van der Waals surface area contributed by atoms with Crippen LogP contribution >= 0.6 is 0 Å². The number of hydrogen-bond donors (Lipinski definition) is 0. The molecule has 25 heavy (non-hydrogen) atoms. The molecule has 0 spiro atoms. The number of hydrogen-bond acceptors (Lipinski definition) is 5. The van der Waals surface area contributed by atoms with Crippen LogP contribution in [0.15, 0.2) is 12.2 Å². The van der Waals surface area contributed by atoms with Crippen LogP contribution in [-0.2, 0) is 27.0 Å². The van der Waals surface area contributed by atoms with Crippen molar-refractivity contribution in [1.82, 2.24) is 9.88 Å². The van der Waals surface area contributed by atoms with Gasteiger partial charge in [-0.3, -0.25) is 9.88 Å². The first-order valence-corrected chi connectivity index (χ1v) is 8.15. The molecule has 0 bridgehead atoms. The maximum Gasteiger partial charge on any atom is 0.496 e. The molecule has 3 heterocycles. The zero-order chi connectivity index (χ0) is 23.9. The quantitative estimate of drug-likeness (QED) is 0.727. The molecule has 6 nitrogen and oxygen atoms in total. The number of aromatic nitrogens is 1. The van der Waals surface area contributed by atoms with Crippen LogP contribution in [0.2, 0.25) is 0 Å². The van der Waals surface area contributed by atoms with Gasteiger partial charge in [-0.25, -0.2) is 4.79 Å². The highest BCUT2D eigenvalue weighted by atomic mass is 16.7. The van der Waals surface area contributed by atoms with E-state index < -0.39 is 66.5 Å². The van der Waals surface area contributed by atoms with Gasteiger partial charge in [-0.1, -0.05) is 6.04 Å². The Morgan fingerprint density at radius 3 is 2.48 bits per heavy atom. The van der Waals surface area contributed by atoms with Crippen molar-refractivity contribution in [3.63, 3.8) is 0 Å². The van der Waals surface area contributed by atoms with Crippen LogP contribution in [0.3, 0.4) is 0 Å². The number of rotatable bonds is 1. The molecule has 0 atom stereocenters. The summed E-state index contributed by atoms with van der Waals surface area (Å²) < 4.78 is 67.7. The van der Waals surface area contributed by atoms with Crippen molar-refractivity contribution in [3.8, 4) is 0 Å². The lowest BCUT2D eigenvalue weighted by atomic mass is 9.79. The second-order valence-corrected chi connectivity index (χ2v) is 8.11. The minimum absolute atomic E-state index is 0.122. The highest BCUT2D eigenvalue weighted by Gasteiger charge is 2.52. The van der Waals surface area contributed by atoms with E-state index in [0.717, 1.165) is 0 Å². The third-order valence-corrected chi connectivity index (χ3v) is 4.29. The van der Waals surface area contributed by atoms with Crippen molar-refractivity contribution in [2.75, 3.05) is 0 Å². The van der Waals surface area contributed by atoms with Crippen molar-refractivity contribution in [3.05, 3.63) is 23.5 Å². The van der Waals surface area contributed by atoms with Crippen LogP contribution in [0.1, 0.15) is 67.9 Å². The molecule has 0 radical (unpaired) electrons. The molecule has 3 rings (SSSR count). The van der Waals surface area contributed by atoms with E-state index >= 15 is 0 Å². The van der Waals surface area contributed by atoms with Crippen LogP contribution in [-0.4, -0.2) is 39.9 Å². The summed E-state index contributed by atoms with van der Waals surface area (Å²) in [6.07, 6.45) is -1.71. The summed E-state index contributed by atoms with van der Waals surface area (Å²) in [4.78, 5) is 16.9. The topological polar surface area (TPSA) is 60.9 Å². The summed E-state index contributed by atoms with van der Waals surface area (Å²) in [7, 11) is -1.17. The summed E-state index contributed by atoms with van der Waals surface area (Å²) in [6, 6.07) is -0.492. The summed E-state index contributed by atoms with van der Waals surface area (Å²) in [5.41, 5.74) is -3.63. The van der Waals surface area contributed by atoms with Gasteiger partial charge < -0.3 is 14.0 Å². The number of ether oxygens (including phenoxy) is 1. The zero-order valence-electron chi connectivity index (χ0n) is 21.6. The van der Waals surface area contributed by atoms with Gasteiger partial charge >= 0.3 is 13.2 Å². The Kier molecular flexibility index (Phi) is 2.72. The van der Waals surface area contributed by atoms with Gasteiger partial charge in [0.15, 0.2) is 0 Å². The summed E-state index contributed by atoms with van der Waals surface area (Å²) in [5, 5.41) is 0. The molecular weight excluding hydrogens is 319 g/mol. The number of carbonyl (C=O) groups excluding carboxylic acids is 1. The van der Waals surface area contributed by atoms with E-state index in [1.165, 1.54) is 0 Å². The SMILES string of the molecule is [2H]c1nc2c(c([2H])c1B1OC(C)(C)C(C)(C)O1)C([2H])([2H])N(C(=O)OC(C)(C)C)C2([2H])[2H]. The summed E-state index contributed by atoms with van der Waals surface area (Å²) in [5.74, 6) is 0. The normalized spacial score (nSPS) is 28.9. The Bertz CT molecular complexity index is 932. The van der Waals surface area contributed by atoms with E-state index in [0.29, 0.717) is 0 Å². The van der Waals surface area contributed by atoms with Gasteiger partial charge in [-0.05, 0) is 54.0 Å². The molecule has 1 fully saturated rings. The molecule has 136 valence electrons. The minimum Gasteiger partial charge on any atom is -0.444 e. The first-order valence-electron chi connectivity index (χ1n) is 11.1. The van der Waals surface area contributed by atoms with Crippen LogP contribution in [0.4, 0.5) is 4.79 Å². The monoisotopic (exact) mass is 352 g/mol. The van der Waals surface area contributed by atoms with Crippen LogP contribution in [0.25, 0.3) is 0 Å². The van der Waals surface area contributed by atoms with E-state index in [1.807, 2.05) is 0 Å². The molecule has 1 aromatic heterocycles. The smallest absolute Gasteiger partial charge is 0.444 e. The fraction of sp³-hybridized carbons (Fsp3) is 0.667. The highest BCUT2D eigenvalue weighted by molar-refractivity contribution is 6.62. The Morgan fingerprint density at radius 2 is 1.92 bits per heavy atom. The number of pyridine rings is 1. The lowest BCUT2D eigenvalue weighted by Crippen LogP contribution is -2.41. The Hall–Kier alpha value is -1.60. The van der Waals surface area contributed by atoms with Gasteiger partial charge in [0, 0.05) is 11.6 Å². The third-order valence-electron chi connectivity index (χ3n) is 4.29. The zero-order valence-corrected chi connectivity index (χ0v) is 15.6. The molecule has 2 aliphatic heterocycles. The van der Waals surface area contributed by atoms with Crippen molar-refractivity contribution >= 4 is 18.7 Å². The standard InChI is InChI=1S/C18H27BN2O4/c1-16(2,3)23-15(22)21-10-12-8-13(9-20-14(12)11-21)19-24-17(4,5)18(6,7)25-19/h8-9H,10-11H2,1-7H3/i8D,9D,10D2,11D2. The fourth-order valence-electron chi connectivity index (χ4n) is 2.27. The van der Waals surface area contributed by atoms with E-state index in [4.69, 9.17) is 22.3 Å². The van der Waals surface area contributed by atoms with Crippen molar-refractivity contribution in [2.24, 2.45) is 0 Å². The molecule has 7 heteroatoms. The maximum atomic E-state index is 12.7. The highest BCUT2D eigenvalue weighted by Crippen LogP contribution is 2.36. The van der Waals surface area contributed by atoms with Crippen LogP contribution in [0.5, 0.6) is 0 Å². The summed E-state index contributed by atoms with van der Waals surface area (Å²) in [6.45, 7) is 6.42. The first kappa shape index (κ1) is 11.9. The van der Waals surface area contributed by atoms with Gasteiger partial charge in [0.05, 0.1) is 38.1 Å². The molecule has 1 aromatic rings. The second-order valence-electron chi connectivity index (χ2n) is 8.11. The van der Waals surface area contributed by atoms with Crippen molar-refractivity contribution in [2.45, 2.75) is 78.3 Å². The van der Waals surface area contributed by atoms with Crippen molar-refractivity contribution in [1.29, 1.82) is 0 Å². The number of carbonyl (C=O) groups is 1. The largest absolute Gasteiger partial charge is 0.496 e. The summed E-state index contributed by atoms with van der Waals surface area (Å²) >= 11 is 0. The predicted octanol–water partition coefficient (Wildman–Crippen LogP) is 2.63. The molecule has 0 unspecified atom stereocenters. The molecule has 1 amide bonds.